The van der Waals surface area contributed by atoms with Crippen molar-refractivity contribution in [3.63, 3.8) is 0 Å². The van der Waals surface area contributed by atoms with Crippen molar-refractivity contribution in [3.05, 3.63) is 47.2 Å². The summed E-state index contributed by atoms with van der Waals surface area (Å²) in [5, 5.41) is 0.565. The van der Waals surface area contributed by atoms with Crippen LogP contribution in [0.1, 0.15) is 18.5 Å². The number of benzene rings is 1. The molecule has 0 aliphatic carbocycles. The number of nitrogens with zero attached hydrogens (tertiary/aromatic N) is 5. The summed E-state index contributed by atoms with van der Waals surface area (Å²) in [6.07, 6.45) is -2.98. The maximum absolute atomic E-state index is 12.9. The molecule has 2 aliphatic heterocycles. The molecule has 2 fully saturated rings. The molecule has 2 aliphatic rings. The zero-order valence-electron chi connectivity index (χ0n) is 17.5. The SMILES string of the molecule is O=C(CN1CCN(c2ccc(Cl)cc2)C1=O)N1CCCC(Oc2nccc(C(F)(F)F)n2)C1. The fourth-order valence-corrected chi connectivity index (χ4v) is 3.94. The lowest BCUT2D eigenvalue weighted by atomic mass is 10.1. The molecule has 176 valence electrons. The van der Waals surface area contributed by atoms with E-state index in [1.165, 1.54) is 4.90 Å². The molecular weight excluding hydrogens is 463 g/mol. The number of halogens is 4. The first-order valence-electron chi connectivity index (χ1n) is 10.4. The first-order chi connectivity index (χ1) is 15.7. The summed E-state index contributed by atoms with van der Waals surface area (Å²) in [6.45, 7) is 1.42. The van der Waals surface area contributed by atoms with E-state index in [0.717, 1.165) is 12.3 Å². The van der Waals surface area contributed by atoms with Gasteiger partial charge in [-0.15, -0.1) is 0 Å². The number of alkyl halides is 3. The number of carbonyl (C=O) groups is 2. The fourth-order valence-electron chi connectivity index (χ4n) is 3.82. The average Bonchev–Trinajstić information content (AvgIpc) is 3.14. The van der Waals surface area contributed by atoms with Crippen molar-refractivity contribution in [2.75, 3.05) is 37.6 Å². The second-order valence-corrected chi connectivity index (χ2v) is 8.21. The second kappa shape index (κ2) is 9.42. The molecule has 33 heavy (non-hydrogen) atoms. The Kier molecular flexibility index (Phi) is 6.59. The van der Waals surface area contributed by atoms with E-state index < -0.39 is 18.0 Å². The van der Waals surface area contributed by atoms with Gasteiger partial charge in [-0.1, -0.05) is 11.6 Å². The molecule has 1 aromatic heterocycles. The van der Waals surface area contributed by atoms with Gasteiger partial charge < -0.3 is 14.5 Å². The predicted octanol–water partition coefficient (Wildman–Crippen LogP) is 3.46. The Hall–Kier alpha value is -3.08. The molecule has 1 atom stereocenters. The highest BCUT2D eigenvalue weighted by atomic mass is 35.5. The smallest absolute Gasteiger partial charge is 0.433 e. The van der Waals surface area contributed by atoms with Gasteiger partial charge in [0.15, 0.2) is 5.69 Å². The van der Waals surface area contributed by atoms with Gasteiger partial charge in [-0.25, -0.2) is 9.78 Å². The Labute approximate surface area is 192 Å². The van der Waals surface area contributed by atoms with Gasteiger partial charge in [0, 0.05) is 36.5 Å². The molecule has 2 aromatic rings. The van der Waals surface area contributed by atoms with Gasteiger partial charge in [-0.2, -0.15) is 18.2 Å². The molecule has 3 heterocycles. The molecule has 0 bridgehead atoms. The monoisotopic (exact) mass is 483 g/mol. The van der Waals surface area contributed by atoms with Gasteiger partial charge in [-0.3, -0.25) is 9.69 Å². The molecule has 12 heteroatoms. The summed E-state index contributed by atoms with van der Waals surface area (Å²) >= 11 is 5.90. The lowest BCUT2D eigenvalue weighted by molar-refractivity contribution is -0.141. The summed E-state index contributed by atoms with van der Waals surface area (Å²) in [7, 11) is 0. The quantitative estimate of drug-likeness (QED) is 0.651. The zero-order chi connectivity index (χ0) is 23.6. The Balaban J connectivity index is 1.34. The maximum Gasteiger partial charge on any atom is 0.433 e. The summed E-state index contributed by atoms with van der Waals surface area (Å²) in [5.41, 5.74) is -0.388. The number of urea groups is 1. The van der Waals surface area contributed by atoms with Crippen molar-refractivity contribution in [2.24, 2.45) is 0 Å². The lowest BCUT2D eigenvalue weighted by Gasteiger charge is -2.33. The molecular formula is C21H21ClF3N5O3. The summed E-state index contributed by atoms with van der Waals surface area (Å²) < 4.78 is 44.1. The third kappa shape index (κ3) is 5.47. The van der Waals surface area contributed by atoms with E-state index in [4.69, 9.17) is 16.3 Å². The van der Waals surface area contributed by atoms with Crippen molar-refractivity contribution in [3.8, 4) is 6.01 Å². The Morgan fingerprint density at radius 2 is 1.91 bits per heavy atom. The average molecular weight is 484 g/mol. The number of hydrogen-bond acceptors (Lipinski definition) is 5. The summed E-state index contributed by atoms with van der Waals surface area (Å²) in [4.78, 5) is 37.3. The molecule has 0 N–H and O–H groups in total. The number of piperidine rings is 1. The highest BCUT2D eigenvalue weighted by molar-refractivity contribution is 6.30. The van der Waals surface area contributed by atoms with Crippen LogP contribution in [0.15, 0.2) is 36.5 Å². The van der Waals surface area contributed by atoms with Crippen molar-refractivity contribution < 1.29 is 27.5 Å². The van der Waals surface area contributed by atoms with E-state index in [2.05, 4.69) is 9.97 Å². The number of ether oxygens (including phenoxy) is 1. The van der Waals surface area contributed by atoms with Crippen LogP contribution in [-0.2, 0) is 11.0 Å². The second-order valence-electron chi connectivity index (χ2n) is 7.78. The molecule has 8 nitrogen and oxygen atoms in total. The van der Waals surface area contributed by atoms with Crippen LogP contribution in [0.25, 0.3) is 0 Å². The molecule has 4 rings (SSSR count). The van der Waals surface area contributed by atoms with Crippen molar-refractivity contribution in [1.29, 1.82) is 0 Å². The standard InChI is InChI=1S/C21H21ClF3N5O3/c22-14-3-5-15(6-4-14)30-11-10-29(20(30)32)13-18(31)28-9-1-2-16(12-28)33-19-26-8-7-17(27-19)21(23,24)25/h3-8,16H,1-2,9-13H2. The van der Waals surface area contributed by atoms with E-state index in [1.807, 2.05) is 0 Å². The summed E-state index contributed by atoms with van der Waals surface area (Å²) in [5.74, 6) is -0.250. The predicted molar refractivity (Wildman–Crippen MR) is 113 cm³/mol. The number of aromatic nitrogens is 2. The molecule has 1 aromatic carbocycles. The minimum absolute atomic E-state index is 0.0876. The van der Waals surface area contributed by atoms with Crippen molar-refractivity contribution in [1.82, 2.24) is 19.8 Å². The topological polar surface area (TPSA) is 78.9 Å². The first-order valence-corrected chi connectivity index (χ1v) is 10.7. The highest BCUT2D eigenvalue weighted by Gasteiger charge is 2.35. The van der Waals surface area contributed by atoms with Gasteiger partial charge >= 0.3 is 18.2 Å². The fraction of sp³-hybridized carbons (Fsp3) is 0.429. The van der Waals surface area contributed by atoms with E-state index >= 15 is 0 Å². The normalized spacial score (nSPS) is 19.2. The molecule has 0 saturated carbocycles. The van der Waals surface area contributed by atoms with E-state index in [-0.39, 0.29) is 31.0 Å². The Morgan fingerprint density at radius 3 is 2.64 bits per heavy atom. The third-order valence-corrected chi connectivity index (χ3v) is 5.74. The molecule has 3 amide bonds. The number of anilines is 1. The van der Waals surface area contributed by atoms with E-state index in [1.54, 1.807) is 34.1 Å². The molecule has 0 spiro atoms. The van der Waals surface area contributed by atoms with E-state index in [0.29, 0.717) is 43.2 Å². The van der Waals surface area contributed by atoms with Gasteiger partial charge in [-0.05, 0) is 43.2 Å². The zero-order valence-corrected chi connectivity index (χ0v) is 18.2. The van der Waals surface area contributed by atoms with Crippen molar-refractivity contribution in [2.45, 2.75) is 25.1 Å². The maximum atomic E-state index is 12.9. The minimum Gasteiger partial charge on any atom is -0.458 e. The van der Waals surface area contributed by atoms with Crippen LogP contribution in [0.5, 0.6) is 6.01 Å². The number of rotatable bonds is 5. The van der Waals surface area contributed by atoms with Crippen LogP contribution >= 0.6 is 11.6 Å². The largest absolute Gasteiger partial charge is 0.458 e. The van der Waals surface area contributed by atoms with E-state index in [9.17, 15) is 22.8 Å². The number of hydrogen-bond donors (Lipinski definition) is 0. The van der Waals surface area contributed by atoms with Gasteiger partial charge in [0.05, 0.1) is 6.54 Å². The lowest BCUT2D eigenvalue weighted by Crippen LogP contribution is -2.48. The van der Waals surface area contributed by atoms with Crippen LogP contribution in [0.3, 0.4) is 0 Å². The minimum atomic E-state index is -4.60. The van der Waals surface area contributed by atoms with Gasteiger partial charge in [0.25, 0.3) is 0 Å². The van der Waals surface area contributed by atoms with Crippen LogP contribution in [0, 0.1) is 0 Å². The van der Waals surface area contributed by atoms with Crippen LogP contribution < -0.4 is 9.64 Å². The Morgan fingerprint density at radius 1 is 1.15 bits per heavy atom. The molecule has 1 unspecified atom stereocenters. The highest BCUT2D eigenvalue weighted by Crippen LogP contribution is 2.28. The Bertz CT molecular complexity index is 1020. The summed E-state index contributed by atoms with van der Waals surface area (Å²) in [6, 6.07) is 7.00. The van der Waals surface area contributed by atoms with Crippen LogP contribution in [-0.4, -0.2) is 70.5 Å². The van der Waals surface area contributed by atoms with Crippen LogP contribution in [0.4, 0.5) is 23.7 Å². The van der Waals surface area contributed by atoms with Crippen molar-refractivity contribution >= 4 is 29.2 Å². The molecule has 2 saturated heterocycles. The number of carbonyl (C=O) groups excluding carboxylic acids is 2. The third-order valence-electron chi connectivity index (χ3n) is 5.49. The number of likely N-dealkylation sites (tertiary alicyclic amines) is 1. The molecule has 0 radical (unpaired) electrons. The first kappa shape index (κ1) is 23.1. The van der Waals surface area contributed by atoms with Gasteiger partial charge in [0.2, 0.25) is 5.91 Å². The van der Waals surface area contributed by atoms with Gasteiger partial charge in [0.1, 0.15) is 12.6 Å². The van der Waals surface area contributed by atoms with Crippen LogP contribution in [0.2, 0.25) is 5.02 Å². The number of amides is 3.